The lowest BCUT2D eigenvalue weighted by Gasteiger charge is -2.26. The van der Waals surface area contributed by atoms with E-state index in [4.69, 9.17) is 16.3 Å². The molecule has 0 spiro atoms. The van der Waals surface area contributed by atoms with Gasteiger partial charge in [-0.15, -0.1) is 0 Å². The number of ether oxygens (including phenoxy) is 1. The van der Waals surface area contributed by atoms with Crippen molar-refractivity contribution in [2.75, 3.05) is 7.11 Å². The van der Waals surface area contributed by atoms with Crippen LogP contribution in [0, 0.1) is 5.41 Å². The lowest BCUT2D eigenvalue weighted by molar-refractivity contribution is -0.210. The van der Waals surface area contributed by atoms with Crippen LogP contribution in [0.5, 0.6) is 6.01 Å². The van der Waals surface area contributed by atoms with Gasteiger partial charge in [-0.05, 0) is 49.4 Å². The van der Waals surface area contributed by atoms with Crippen molar-refractivity contribution < 1.29 is 22.7 Å². The normalized spacial score (nSPS) is 12.2. The Morgan fingerprint density at radius 2 is 1.63 bits per heavy atom. The van der Waals surface area contributed by atoms with Crippen LogP contribution in [-0.4, -0.2) is 34.0 Å². The van der Waals surface area contributed by atoms with Crippen LogP contribution in [-0.2, 0) is 11.2 Å². The summed E-state index contributed by atoms with van der Waals surface area (Å²) in [7, 11) is 1.44. The van der Waals surface area contributed by atoms with Gasteiger partial charge in [-0.2, -0.15) is 23.1 Å². The summed E-state index contributed by atoms with van der Waals surface area (Å²) in [5, 5.41) is 0.352. The van der Waals surface area contributed by atoms with Crippen molar-refractivity contribution in [2.45, 2.75) is 52.6 Å². The fourth-order valence-electron chi connectivity index (χ4n) is 3.34. The molecule has 3 aromatic rings. The van der Waals surface area contributed by atoms with Gasteiger partial charge in [0.05, 0.1) is 12.1 Å². The number of carbonyl (C=O) groups excluding carboxylic acids is 1. The third kappa shape index (κ3) is 5.99. The molecule has 9 heteroatoms. The van der Waals surface area contributed by atoms with Gasteiger partial charge in [0.2, 0.25) is 0 Å². The van der Waals surface area contributed by atoms with Gasteiger partial charge in [0.1, 0.15) is 11.2 Å². The maximum atomic E-state index is 13.2. The zero-order valence-corrected chi connectivity index (χ0v) is 21.0. The van der Waals surface area contributed by atoms with E-state index in [1.54, 1.807) is 18.2 Å². The Kier molecular flexibility index (Phi) is 7.84. The first-order valence-electron chi connectivity index (χ1n) is 11.1. The molecule has 0 radical (unpaired) electrons. The number of alkyl halides is 3. The minimum absolute atomic E-state index is 0.0986. The molecular weight excluding hydrogens is 479 g/mol. The molecule has 0 N–H and O–H groups in total. The predicted molar refractivity (Wildman–Crippen MR) is 130 cm³/mol. The molecular formula is C26H27ClF3N3O2. The van der Waals surface area contributed by atoms with Crippen molar-refractivity contribution in [1.29, 1.82) is 0 Å². The molecule has 35 heavy (non-hydrogen) atoms. The average Bonchev–Trinajstić information content (AvgIpc) is 2.82. The number of carbonyl (C=O) groups is 1. The quantitative estimate of drug-likeness (QED) is 0.327. The van der Waals surface area contributed by atoms with E-state index < -0.39 is 17.4 Å². The Morgan fingerprint density at radius 1 is 1.00 bits per heavy atom. The van der Waals surface area contributed by atoms with Crippen LogP contribution in [0.25, 0.3) is 22.8 Å². The van der Waals surface area contributed by atoms with Gasteiger partial charge in [-0.25, -0.2) is 4.98 Å². The van der Waals surface area contributed by atoms with Crippen molar-refractivity contribution in [1.82, 2.24) is 15.0 Å². The minimum atomic E-state index is -4.61. The number of ketones is 1. The van der Waals surface area contributed by atoms with E-state index in [9.17, 15) is 18.0 Å². The molecule has 5 nitrogen and oxygen atoms in total. The van der Waals surface area contributed by atoms with Crippen LogP contribution < -0.4 is 4.74 Å². The number of aromatic nitrogens is 3. The molecule has 0 aliphatic rings. The van der Waals surface area contributed by atoms with E-state index in [0.29, 0.717) is 27.9 Å². The average molecular weight is 506 g/mol. The van der Waals surface area contributed by atoms with E-state index in [-0.39, 0.29) is 24.7 Å². The summed E-state index contributed by atoms with van der Waals surface area (Å²) in [6, 6.07) is 12.9. The second-order valence-electron chi connectivity index (χ2n) is 9.11. The predicted octanol–water partition coefficient (Wildman–Crippen LogP) is 7.08. The Hall–Kier alpha value is -3.00. The van der Waals surface area contributed by atoms with Crippen molar-refractivity contribution >= 4 is 17.4 Å². The van der Waals surface area contributed by atoms with Crippen LogP contribution in [0.1, 0.15) is 51.2 Å². The summed E-state index contributed by atoms with van der Waals surface area (Å²) in [5.41, 5.74) is 0.632. The van der Waals surface area contributed by atoms with Crippen molar-refractivity contribution in [2.24, 2.45) is 5.41 Å². The Morgan fingerprint density at radius 3 is 2.20 bits per heavy atom. The zero-order chi connectivity index (χ0) is 26.0. The summed E-state index contributed by atoms with van der Waals surface area (Å²) in [6.45, 7) is 6.00. The van der Waals surface area contributed by atoms with Gasteiger partial charge in [-0.3, -0.25) is 4.79 Å². The Bertz CT molecular complexity index is 1210. The molecule has 0 fully saturated rings. The number of nitrogens with zero attached hydrogens (tertiary/aromatic N) is 3. The van der Waals surface area contributed by atoms with Crippen LogP contribution >= 0.6 is 11.6 Å². The Labute approximate surface area is 207 Å². The molecule has 0 unspecified atom stereocenters. The largest absolute Gasteiger partial charge is 0.467 e. The van der Waals surface area contributed by atoms with Crippen LogP contribution in [0.3, 0.4) is 0 Å². The summed E-state index contributed by atoms with van der Waals surface area (Å²) in [4.78, 5) is 25.5. The first-order valence-corrected chi connectivity index (χ1v) is 11.5. The molecule has 0 saturated carbocycles. The molecule has 186 valence electrons. The van der Waals surface area contributed by atoms with Gasteiger partial charge in [-0.1, -0.05) is 55.8 Å². The molecule has 2 aromatic carbocycles. The second-order valence-corrected chi connectivity index (χ2v) is 9.51. The van der Waals surface area contributed by atoms with Crippen molar-refractivity contribution in [3.63, 3.8) is 0 Å². The smallest absolute Gasteiger partial charge is 0.400 e. The monoisotopic (exact) mass is 505 g/mol. The maximum Gasteiger partial charge on any atom is 0.400 e. The molecule has 1 aromatic heterocycles. The van der Waals surface area contributed by atoms with Gasteiger partial charge >= 0.3 is 12.2 Å². The topological polar surface area (TPSA) is 65.0 Å². The highest BCUT2D eigenvalue weighted by Crippen LogP contribution is 2.39. The highest BCUT2D eigenvalue weighted by atomic mass is 35.5. The van der Waals surface area contributed by atoms with Gasteiger partial charge in [0, 0.05) is 17.5 Å². The lowest BCUT2D eigenvalue weighted by atomic mass is 9.84. The number of benzene rings is 2. The van der Waals surface area contributed by atoms with E-state index in [1.165, 1.54) is 12.7 Å². The molecule has 3 rings (SSSR count). The molecule has 0 atom stereocenters. The summed E-state index contributed by atoms with van der Waals surface area (Å²) in [6.07, 6.45) is -4.75. The Balaban J connectivity index is 1.93. The number of rotatable bonds is 8. The number of aryl methyl sites for hydroxylation is 1. The number of halogens is 4. The fourth-order valence-corrected chi connectivity index (χ4v) is 3.54. The molecule has 0 amide bonds. The van der Waals surface area contributed by atoms with Gasteiger partial charge in [0.15, 0.2) is 11.6 Å². The molecule has 0 bridgehead atoms. The SMILES string of the molecule is COc1nc(-c2ccc(C(C)C)cc2)nc(-c2cc(CCC(=O)C(C)(C)C(F)(F)F)ccc2Cl)n1. The van der Waals surface area contributed by atoms with Gasteiger partial charge < -0.3 is 4.74 Å². The number of hydrogen-bond donors (Lipinski definition) is 0. The highest BCUT2D eigenvalue weighted by molar-refractivity contribution is 6.33. The molecule has 1 heterocycles. The number of Topliss-reactive ketones (excluding diaryl/α,β-unsaturated/α-hetero) is 1. The number of hydrogen-bond acceptors (Lipinski definition) is 5. The first kappa shape index (κ1) is 26.6. The number of methoxy groups -OCH3 is 1. The maximum absolute atomic E-state index is 13.2. The highest BCUT2D eigenvalue weighted by Gasteiger charge is 2.51. The summed E-state index contributed by atoms with van der Waals surface area (Å²) < 4.78 is 44.8. The van der Waals surface area contributed by atoms with Gasteiger partial charge in [0.25, 0.3) is 0 Å². The summed E-state index contributed by atoms with van der Waals surface area (Å²) in [5.74, 6) is 0.150. The molecule has 0 saturated heterocycles. The summed E-state index contributed by atoms with van der Waals surface area (Å²) >= 11 is 6.42. The molecule has 0 aliphatic carbocycles. The van der Waals surface area contributed by atoms with Crippen molar-refractivity contribution in [3.8, 4) is 28.8 Å². The van der Waals surface area contributed by atoms with Crippen LogP contribution in [0.4, 0.5) is 13.2 Å². The zero-order valence-electron chi connectivity index (χ0n) is 20.2. The van der Waals surface area contributed by atoms with E-state index in [2.05, 4.69) is 28.8 Å². The standard InChI is InChI=1S/C26H27ClF3N3O2/c1-15(2)17-8-10-18(11-9-17)22-31-23(33-24(32-22)35-5)19-14-16(6-12-20(19)27)7-13-21(34)25(3,4)26(28,29)30/h6,8-12,14-15H,7,13H2,1-5H3. The first-order chi connectivity index (χ1) is 16.3. The lowest BCUT2D eigenvalue weighted by Crippen LogP contribution is -2.39. The van der Waals surface area contributed by atoms with E-state index in [1.807, 2.05) is 24.3 Å². The van der Waals surface area contributed by atoms with Crippen LogP contribution in [0.15, 0.2) is 42.5 Å². The van der Waals surface area contributed by atoms with Crippen LogP contribution in [0.2, 0.25) is 5.02 Å². The molecule has 0 aliphatic heterocycles. The third-order valence-electron chi connectivity index (χ3n) is 5.95. The fraction of sp³-hybridized carbons (Fsp3) is 0.385. The second kappa shape index (κ2) is 10.3. The van der Waals surface area contributed by atoms with E-state index in [0.717, 1.165) is 19.4 Å². The third-order valence-corrected chi connectivity index (χ3v) is 6.28. The minimum Gasteiger partial charge on any atom is -0.467 e. The van der Waals surface area contributed by atoms with E-state index >= 15 is 0 Å². The van der Waals surface area contributed by atoms with Crippen molar-refractivity contribution in [3.05, 3.63) is 58.6 Å².